The molecule has 0 aliphatic carbocycles. The average Bonchev–Trinajstić information content (AvgIpc) is 2.83. The molecule has 2 aromatic rings. The maximum atomic E-state index is 13.3. The summed E-state index contributed by atoms with van der Waals surface area (Å²) < 4.78 is 6.13. The highest BCUT2D eigenvalue weighted by molar-refractivity contribution is 5.73. The number of aliphatic hydroxyl groups is 1. The largest absolute Gasteiger partial charge is 0.438 e. The van der Waals surface area contributed by atoms with Crippen LogP contribution in [0.15, 0.2) is 54.6 Å². The van der Waals surface area contributed by atoms with Gasteiger partial charge in [0.2, 0.25) is 5.91 Å². The number of carbonyl (C=O) groups is 2. The van der Waals surface area contributed by atoms with Crippen molar-refractivity contribution >= 4 is 12.0 Å². The summed E-state index contributed by atoms with van der Waals surface area (Å²) in [5.41, 5.74) is 1.47. The van der Waals surface area contributed by atoms with Crippen LogP contribution in [0.3, 0.4) is 0 Å². The Morgan fingerprint density at radius 1 is 1.09 bits per heavy atom. The molecule has 0 unspecified atom stereocenters. The van der Waals surface area contributed by atoms with E-state index in [2.05, 4.69) is 24.3 Å². The van der Waals surface area contributed by atoms with Crippen molar-refractivity contribution in [2.24, 2.45) is 0 Å². The molecule has 0 aromatic heterocycles. The highest BCUT2D eigenvalue weighted by atomic mass is 16.6. The summed E-state index contributed by atoms with van der Waals surface area (Å²) in [5, 5.41) is 10.6. The predicted molar refractivity (Wildman–Crippen MR) is 136 cm³/mol. The van der Waals surface area contributed by atoms with Crippen molar-refractivity contribution in [2.75, 3.05) is 19.6 Å². The molecule has 35 heavy (non-hydrogen) atoms. The molecule has 6 nitrogen and oxygen atoms in total. The van der Waals surface area contributed by atoms with Crippen LogP contribution in [0.5, 0.6) is 0 Å². The SMILES string of the molecule is CC(=O)N1CCC(c2ccc([C@H](C)N3CC[C@](CC(C)(C)O)(c4ccccc4)OC3=O)cc2)CC1. The molecule has 6 heteroatoms. The van der Waals surface area contributed by atoms with Crippen LogP contribution in [0.1, 0.15) is 82.0 Å². The number of hydrogen-bond donors (Lipinski definition) is 1. The molecule has 2 amide bonds. The van der Waals surface area contributed by atoms with Gasteiger partial charge in [0.05, 0.1) is 11.6 Å². The molecular formula is C29H38N2O4. The van der Waals surface area contributed by atoms with Gasteiger partial charge in [-0.25, -0.2) is 4.79 Å². The number of carbonyl (C=O) groups excluding carboxylic acids is 2. The van der Waals surface area contributed by atoms with Gasteiger partial charge < -0.3 is 19.6 Å². The monoisotopic (exact) mass is 478 g/mol. The summed E-state index contributed by atoms with van der Waals surface area (Å²) in [5.74, 6) is 0.614. The minimum atomic E-state index is -0.972. The third-order valence-corrected chi connectivity index (χ3v) is 7.59. The fourth-order valence-electron chi connectivity index (χ4n) is 5.65. The van der Waals surface area contributed by atoms with E-state index < -0.39 is 11.2 Å². The van der Waals surface area contributed by atoms with Gasteiger partial charge in [-0.3, -0.25) is 4.79 Å². The van der Waals surface area contributed by atoms with Gasteiger partial charge in [0.25, 0.3) is 0 Å². The zero-order valence-corrected chi connectivity index (χ0v) is 21.4. The molecule has 2 heterocycles. The fourth-order valence-corrected chi connectivity index (χ4v) is 5.65. The second-order valence-corrected chi connectivity index (χ2v) is 10.8. The van der Waals surface area contributed by atoms with Crippen molar-refractivity contribution < 1.29 is 19.4 Å². The third-order valence-electron chi connectivity index (χ3n) is 7.59. The average molecular weight is 479 g/mol. The predicted octanol–water partition coefficient (Wildman–Crippen LogP) is 5.37. The number of amides is 2. The van der Waals surface area contributed by atoms with Crippen LogP contribution in [-0.4, -0.2) is 52.1 Å². The zero-order valence-electron chi connectivity index (χ0n) is 21.4. The molecule has 2 aromatic carbocycles. The summed E-state index contributed by atoms with van der Waals surface area (Å²) in [4.78, 5) is 28.6. The van der Waals surface area contributed by atoms with E-state index in [1.54, 1.807) is 25.7 Å². The summed E-state index contributed by atoms with van der Waals surface area (Å²) in [6, 6.07) is 18.2. The maximum Gasteiger partial charge on any atom is 0.411 e. The lowest BCUT2D eigenvalue weighted by Crippen LogP contribution is -2.51. The maximum absolute atomic E-state index is 13.3. The van der Waals surface area contributed by atoms with Gasteiger partial charge in [0.15, 0.2) is 0 Å². The third kappa shape index (κ3) is 5.69. The van der Waals surface area contributed by atoms with Gasteiger partial charge in [0.1, 0.15) is 5.60 Å². The molecule has 1 N–H and O–H groups in total. The van der Waals surface area contributed by atoms with E-state index in [4.69, 9.17) is 4.74 Å². The van der Waals surface area contributed by atoms with Gasteiger partial charge in [-0.05, 0) is 56.2 Å². The number of likely N-dealkylation sites (tertiary alicyclic amines) is 1. The van der Waals surface area contributed by atoms with Gasteiger partial charge in [0, 0.05) is 39.4 Å². The lowest BCUT2D eigenvalue weighted by Gasteiger charge is -2.45. The van der Waals surface area contributed by atoms with E-state index in [-0.39, 0.29) is 18.0 Å². The van der Waals surface area contributed by atoms with Crippen LogP contribution in [0.4, 0.5) is 4.79 Å². The van der Waals surface area contributed by atoms with Crippen molar-refractivity contribution in [2.45, 2.75) is 76.5 Å². The molecule has 2 aliphatic heterocycles. The lowest BCUT2D eigenvalue weighted by molar-refractivity contribution is -0.129. The number of ether oxygens (including phenoxy) is 1. The Labute approximate surface area is 208 Å². The van der Waals surface area contributed by atoms with Crippen molar-refractivity contribution in [3.8, 4) is 0 Å². The second kappa shape index (κ2) is 10.0. The Balaban J connectivity index is 1.45. The van der Waals surface area contributed by atoms with E-state index in [0.29, 0.717) is 25.3 Å². The standard InChI is InChI=1S/C29H38N2O4/c1-21(23-10-12-24(13-11-23)25-14-17-30(18-15-25)22(2)32)31-19-16-29(35-27(31)33,20-28(3,4)34)26-8-6-5-7-9-26/h5-13,21,25,34H,14-20H2,1-4H3/t21-,29-/m0/s1. The van der Waals surface area contributed by atoms with Crippen LogP contribution in [0, 0.1) is 0 Å². The smallest absolute Gasteiger partial charge is 0.411 e. The molecule has 0 saturated carbocycles. The van der Waals surface area contributed by atoms with Crippen molar-refractivity contribution in [3.63, 3.8) is 0 Å². The van der Waals surface area contributed by atoms with Crippen LogP contribution in [0.2, 0.25) is 0 Å². The van der Waals surface area contributed by atoms with Crippen LogP contribution >= 0.6 is 0 Å². The minimum Gasteiger partial charge on any atom is -0.438 e. The van der Waals surface area contributed by atoms with E-state index in [1.807, 2.05) is 42.2 Å². The number of cyclic esters (lactones) is 1. The fraction of sp³-hybridized carbons (Fsp3) is 0.517. The molecule has 2 aliphatic rings. The Morgan fingerprint density at radius 2 is 1.71 bits per heavy atom. The quantitative estimate of drug-likeness (QED) is 0.606. The van der Waals surface area contributed by atoms with Crippen molar-refractivity contribution in [1.82, 2.24) is 9.80 Å². The van der Waals surface area contributed by atoms with E-state index in [9.17, 15) is 14.7 Å². The van der Waals surface area contributed by atoms with E-state index in [0.717, 1.165) is 37.1 Å². The lowest BCUT2D eigenvalue weighted by atomic mass is 9.80. The molecule has 2 atom stereocenters. The second-order valence-electron chi connectivity index (χ2n) is 10.8. The number of rotatable bonds is 6. The minimum absolute atomic E-state index is 0.118. The van der Waals surface area contributed by atoms with Crippen molar-refractivity contribution in [3.05, 3.63) is 71.3 Å². The van der Waals surface area contributed by atoms with E-state index >= 15 is 0 Å². The summed E-state index contributed by atoms with van der Waals surface area (Å²) in [6.07, 6.45) is 2.57. The Kier molecular flexibility index (Phi) is 7.22. The van der Waals surface area contributed by atoms with Gasteiger partial charge in [-0.15, -0.1) is 0 Å². The molecular weight excluding hydrogens is 440 g/mol. The molecule has 0 radical (unpaired) electrons. The molecule has 2 fully saturated rings. The number of hydrogen-bond acceptors (Lipinski definition) is 4. The Morgan fingerprint density at radius 3 is 2.26 bits per heavy atom. The molecule has 0 bridgehead atoms. The van der Waals surface area contributed by atoms with Gasteiger partial charge in [-0.2, -0.15) is 0 Å². The van der Waals surface area contributed by atoms with Gasteiger partial charge in [-0.1, -0.05) is 54.6 Å². The Hall–Kier alpha value is -2.86. The normalized spacial score (nSPS) is 22.6. The molecule has 4 rings (SSSR count). The first kappa shape index (κ1) is 25.2. The topological polar surface area (TPSA) is 70.1 Å². The summed E-state index contributed by atoms with van der Waals surface area (Å²) >= 11 is 0. The molecule has 188 valence electrons. The number of benzene rings is 2. The van der Waals surface area contributed by atoms with Crippen LogP contribution < -0.4 is 0 Å². The Bertz CT molecular complexity index is 1020. The van der Waals surface area contributed by atoms with Crippen LogP contribution in [0.25, 0.3) is 0 Å². The molecule has 2 saturated heterocycles. The van der Waals surface area contributed by atoms with Crippen molar-refractivity contribution in [1.29, 1.82) is 0 Å². The number of nitrogens with zero attached hydrogens (tertiary/aromatic N) is 2. The zero-order chi connectivity index (χ0) is 25.2. The highest BCUT2D eigenvalue weighted by Gasteiger charge is 2.46. The summed E-state index contributed by atoms with van der Waals surface area (Å²) in [7, 11) is 0. The first-order chi connectivity index (χ1) is 16.6. The first-order valence-corrected chi connectivity index (χ1v) is 12.7. The van der Waals surface area contributed by atoms with Crippen LogP contribution in [-0.2, 0) is 15.1 Å². The number of piperidine rings is 1. The molecule has 0 spiro atoms. The first-order valence-electron chi connectivity index (χ1n) is 12.7. The van der Waals surface area contributed by atoms with Gasteiger partial charge >= 0.3 is 6.09 Å². The van der Waals surface area contributed by atoms with E-state index in [1.165, 1.54) is 5.56 Å². The summed E-state index contributed by atoms with van der Waals surface area (Å²) in [6.45, 7) is 9.36. The highest BCUT2D eigenvalue weighted by Crippen LogP contribution is 2.42.